The van der Waals surface area contributed by atoms with Crippen LogP contribution in [0.3, 0.4) is 0 Å². The van der Waals surface area contributed by atoms with Crippen LogP contribution < -0.4 is 5.32 Å². The second-order valence-corrected chi connectivity index (χ2v) is 8.88. The normalized spacial score (nSPS) is 23.0. The molecule has 0 bridgehead atoms. The van der Waals surface area contributed by atoms with E-state index in [9.17, 15) is 9.90 Å². The Labute approximate surface area is 177 Å². The van der Waals surface area contributed by atoms with E-state index < -0.39 is 5.97 Å². The maximum absolute atomic E-state index is 12.2. The molecule has 0 aliphatic heterocycles. The number of nitrogens with zero attached hydrogens (tertiary/aromatic N) is 1. The molecule has 3 atom stereocenters. The number of carboxylic acid groups (broad SMARTS) is 1. The van der Waals surface area contributed by atoms with Gasteiger partial charge < -0.3 is 15.2 Å². The van der Waals surface area contributed by atoms with Crippen LogP contribution in [-0.2, 0) is 9.53 Å². The monoisotopic (exact) mass is 406 g/mol. The lowest BCUT2D eigenvalue weighted by Gasteiger charge is -2.48. The third-order valence-corrected chi connectivity index (χ3v) is 5.57. The molecule has 0 amide bonds. The van der Waals surface area contributed by atoms with Gasteiger partial charge in [0, 0.05) is 30.2 Å². The van der Waals surface area contributed by atoms with Gasteiger partial charge in [-0.15, -0.1) is 13.2 Å². The van der Waals surface area contributed by atoms with Crippen LogP contribution >= 0.6 is 0 Å². The molecular formula is C24H42N2O3. The number of hydrogen-bond acceptors (Lipinski definition) is 4. The van der Waals surface area contributed by atoms with Gasteiger partial charge in [-0.3, -0.25) is 4.90 Å². The molecule has 5 heteroatoms. The van der Waals surface area contributed by atoms with Crippen molar-refractivity contribution in [3.8, 4) is 0 Å². The lowest BCUT2D eigenvalue weighted by molar-refractivity contribution is -0.133. The van der Waals surface area contributed by atoms with Crippen LogP contribution in [0.1, 0.15) is 67.2 Å². The fourth-order valence-electron chi connectivity index (χ4n) is 4.26. The predicted octanol–water partition coefficient (Wildman–Crippen LogP) is 4.55. The Morgan fingerprint density at radius 2 is 1.79 bits per heavy atom. The molecule has 0 saturated carbocycles. The summed E-state index contributed by atoms with van der Waals surface area (Å²) in [5.41, 5.74) is 1.28. The fraction of sp³-hybridized carbons (Fsp3) is 0.708. The fourth-order valence-corrected chi connectivity index (χ4v) is 4.26. The first-order valence-corrected chi connectivity index (χ1v) is 11.0. The molecule has 29 heavy (non-hydrogen) atoms. The van der Waals surface area contributed by atoms with Crippen molar-refractivity contribution in [2.75, 3.05) is 13.1 Å². The van der Waals surface area contributed by atoms with Crippen molar-refractivity contribution in [1.29, 1.82) is 0 Å². The topological polar surface area (TPSA) is 61.8 Å². The summed E-state index contributed by atoms with van der Waals surface area (Å²) in [6.45, 7) is 21.8. The van der Waals surface area contributed by atoms with Crippen molar-refractivity contribution in [2.24, 2.45) is 0 Å². The molecule has 0 fully saturated rings. The number of hydrogen-bond donors (Lipinski definition) is 2. The van der Waals surface area contributed by atoms with Gasteiger partial charge in [-0.2, -0.15) is 0 Å². The van der Waals surface area contributed by atoms with Crippen LogP contribution in [-0.4, -0.2) is 58.9 Å². The summed E-state index contributed by atoms with van der Waals surface area (Å²) in [7, 11) is 0. The van der Waals surface area contributed by atoms with Crippen LogP contribution in [0.5, 0.6) is 0 Å². The van der Waals surface area contributed by atoms with Crippen molar-refractivity contribution < 1.29 is 14.6 Å². The zero-order valence-corrected chi connectivity index (χ0v) is 19.3. The summed E-state index contributed by atoms with van der Waals surface area (Å²) in [5.74, 6) is -0.837. The van der Waals surface area contributed by atoms with Crippen molar-refractivity contribution >= 4 is 5.97 Å². The minimum atomic E-state index is -0.837. The largest absolute Gasteiger partial charge is 0.478 e. The highest BCUT2D eigenvalue weighted by Crippen LogP contribution is 2.35. The highest BCUT2D eigenvalue weighted by atomic mass is 16.5. The lowest BCUT2D eigenvalue weighted by Crippen LogP contribution is -2.63. The standard InChI is InChI=1S/C24H42N2O3/c1-9-14-26(15-10-2)20-16-19(23(27)28)18(13-5)22(29-17(11-3)12-4)21(20)25-24(6,7)8/h9-10,17,20-22,25H,1-2,11-16H2,3-8H3,(H,27,28)/t20-,21+,22+/m0/s1. The summed E-state index contributed by atoms with van der Waals surface area (Å²) in [4.78, 5) is 14.4. The Morgan fingerprint density at radius 3 is 2.17 bits per heavy atom. The van der Waals surface area contributed by atoms with E-state index in [-0.39, 0.29) is 29.8 Å². The van der Waals surface area contributed by atoms with Crippen molar-refractivity contribution in [2.45, 2.75) is 97.1 Å². The van der Waals surface area contributed by atoms with Gasteiger partial charge in [0.15, 0.2) is 0 Å². The van der Waals surface area contributed by atoms with Gasteiger partial charge in [-0.1, -0.05) is 32.9 Å². The first-order chi connectivity index (χ1) is 13.6. The average Bonchev–Trinajstić information content (AvgIpc) is 2.64. The average molecular weight is 407 g/mol. The van der Waals surface area contributed by atoms with Gasteiger partial charge in [-0.25, -0.2) is 4.79 Å². The summed E-state index contributed by atoms with van der Waals surface area (Å²) in [6.07, 6.45) is 6.53. The highest BCUT2D eigenvalue weighted by Gasteiger charge is 2.44. The van der Waals surface area contributed by atoms with E-state index in [2.05, 4.69) is 58.0 Å². The minimum Gasteiger partial charge on any atom is -0.478 e. The minimum absolute atomic E-state index is 0.0199. The third-order valence-electron chi connectivity index (χ3n) is 5.57. The second kappa shape index (κ2) is 11.7. The van der Waals surface area contributed by atoms with Crippen LogP contribution in [0.2, 0.25) is 0 Å². The molecule has 0 aromatic heterocycles. The van der Waals surface area contributed by atoms with E-state index in [1.165, 1.54) is 0 Å². The molecular weight excluding hydrogens is 364 g/mol. The zero-order valence-electron chi connectivity index (χ0n) is 19.3. The second-order valence-electron chi connectivity index (χ2n) is 8.88. The molecule has 0 aromatic rings. The number of rotatable bonds is 12. The summed E-state index contributed by atoms with van der Waals surface area (Å²) < 4.78 is 6.61. The number of aliphatic carboxylic acids is 1. The third kappa shape index (κ3) is 7.09. The number of carbonyl (C=O) groups is 1. The first kappa shape index (κ1) is 25.6. The predicted molar refractivity (Wildman–Crippen MR) is 121 cm³/mol. The molecule has 0 saturated heterocycles. The SMILES string of the molecule is C=CCN(CC=C)[C@H]1CC(C(=O)O)=C(CC)[C@@H](OC(CC)CC)[C@@H]1NC(C)(C)C. The van der Waals surface area contributed by atoms with Crippen molar-refractivity contribution in [1.82, 2.24) is 10.2 Å². The van der Waals surface area contributed by atoms with Crippen LogP contribution in [0.4, 0.5) is 0 Å². The summed E-state index contributed by atoms with van der Waals surface area (Å²) in [6, 6.07) is -0.0421. The molecule has 0 radical (unpaired) electrons. The van der Waals surface area contributed by atoms with E-state index in [1.54, 1.807) is 0 Å². The molecule has 2 N–H and O–H groups in total. The molecule has 1 aliphatic rings. The molecule has 166 valence electrons. The van der Waals surface area contributed by atoms with Gasteiger partial charge >= 0.3 is 5.97 Å². The molecule has 0 spiro atoms. The van der Waals surface area contributed by atoms with Crippen LogP contribution in [0.15, 0.2) is 36.5 Å². The number of ether oxygens (including phenoxy) is 1. The van der Waals surface area contributed by atoms with E-state index in [4.69, 9.17) is 4.74 Å². The molecule has 0 aromatic carbocycles. The van der Waals surface area contributed by atoms with Gasteiger partial charge in [0.05, 0.1) is 18.2 Å². The Morgan fingerprint density at radius 1 is 1.24 bits per heavy atom. The van der Waals surface area contributed by atoms with Crippen molar-refractivity contribution in [3.05, 3.63) is 36.5 Å². The molecule has 1 aliphatic carbocycles. The van der Waals surface area contributed by atoms with Gasteiger partial charge in [0.25, 0.3) is 0 Å². The highest BCUT2D eigenvalue weighted by molar-refractivity contribution is 5.88. The van der Waals surface area contributed by atoms with Crippen LogP contribution in [0, 0.1) is 0 Å². The number of carboxylic acids is 1. The molecule has 1 rings (SSSR count). The van der Waals surface area contributed by atoms with E-state index in [1.807, 2.05) is 19.1 Å². The first-order valence-electron chi connectivity index (χ1n) is 11.0. The molecule has 0 unspecified atom stereocenters. The Bertz CT molecular complexity index is 577. The van der Waals surface area contributed by atoms with E-state index in [0.29, 0.717) is 31.5 Å². The van der Waals surface area contributed by atoms with E-state index >= 15 is 0 Å². The zero-order chi connectivity index (χ0) is 22.2. The summed E-state index contributed by atoms with van der Waals surface area (Å²) >= 11 is 0. The Hall–Kier alpha value is -1.43. The quantitative estimate of drug-likeness (QED) is 0.466. The molecule has 0 heterocycles. The maximum atomic E-state index is 12.2. The van der Waals surface area contributed by atoms with Gasteiger partial charge in [-0.05, 0) is 52.0 Å². The summed E-state index contributed by atoms with van der Waals surface area (Å²) in [5, 5.41) is 13.8. The smallest absolute Gasteiger partial charge is 0.331 e. The van der Waals surface area contributed by atoms with Crippen molar-refractivity contribution in [3.63, 3.8) is 0 Å². The maximum Gasteiger partial charge on any atom is 0.331 e. The number of nitrogens with one attached hydrogen (secondary N) is 1. The van der Waals surface area contributed by atoms with E-state index in [0.717, 1.165) is 18.4 Å². The van der Waals surface area contributed by atoms with Gasteiger partial charge in [0.1, 0.15) is 0 Å². The van der Waals surface area contributed by atoms with Crippen LogP contribution in [0.25, 0.3) is 0 Å². The lowest BCUT2D eigenvalue weighted by atomic mass is 9.79. The van der Waals surface area contributed by atoms with Gasteiger partial charge in [0.2, 0.25) is 0 Å². The Kier molecular flexibility index (Phi) is 10.3. The molecule has 5 nitrogen and oxygen atoms in total. The Balaban J connectivity index is 3.56.